The Morgan fingerprint density at radius 1 is 1.36 bits per heavy atom. The van der Waals surface area contributed by atoms with Crippen molar-refractivity contribution in [2.75, 3.05) is 6.54 Å². The molecule has 0 bridgehead atoms. The first-order valence-electron chi connectivity index (χ1n) is 4.30. The summed E-state index contributed by atoms with van der Waals surface area (Å²) in [6.45, 7) is 4.03. The third-order valence-electron chi connectivity index (χ3n) is 1.72. The molecule has 2 nitrogen and oxygen atoms in total. The van der Waals surface area contributed by atoms with Crippen LogP contribution in [0.25, 0.3) is 0 Å². The second kappa shape index (κ2) is 7.76. The van der Waals surface area contributed by atoms with E-state index in [1.165, 1.54) is 12.8 Å². The highest BCUT2D eigenvalue weighted by molar-refractivity contribution is 4.65. The molecule has 0 spiro atoms. The van der Waals surface area contributed by atoms with Crippen LogP contribution in [0.15, 0.2) is 12.7 Å². The molecule has 0 aliphatic carbocycles. The van der Waals surface area contributed by atoms with Crippen LogP contribution in [0.2, 0.25) is 0 Å². The molecule has 0 aromatic rings. The van der Waals surface area contributed by atoms with Gasteiger partial charge in [-0.3, -0.25) is 0 Å². The molecule has 0 aliphatic heterocycles. The first kappa shape index (κ1) is 10.7. The summed E-state index contributed by atoms with van der Waals surface area (Å²) in [5.41, 5.74) is 5.25. The third kappa shape index (κ3) is 7.56. The molecule has 66 valence electrons. The van der Waals surface area contributed by atoms with Crippen LogP contribution in [-0.4, -0.2) is 17.8 Å². The number of hydrogen-bond acceptors (Lipinski definition) is 2. The Bertz CT molecular complexity index is 93.6. The number of rotatable bonds is 7. The van der Waals surface area contributed by atoms with Crippen molar-refractivity contribution < 1.29 is 5.11 Å². The van der Waals surface area contributed by atoms with Crippen LogP contribution < -0.4 is 5.73 Å². The Hall–Kier alpha value is -0.340. The molecule has 0 aromatic carbocycles. The van der Waals surface area contributed by atoms with Crippen molar-refractivity contribution in [1.29, 1.82) is 0 Å². The second-order valence-electron chi connectivity index (χ2n) is 2.82. The third-order valence-corrected chi connectivity index (χ3v) is 1.72. The van der Waals surface area contributed by atoms with Gasteiger partial charge in [0.15, 0.2) is 0 Å². The van der Waals surface area contributed by atoms with Crippen LogP contribution in [0.3, 0.4) is 0 Å². The standard InChI is InChI=1S/C9H19NO/c1-2-3-4-5-6-7-9(11)8-10/h2,9,11H,1,3-8,10H2. The average Bonchev–Trinajstić information content (AvgIpc) is 2.04. The first-order chi connectivity index (χ1) is 5.31. The van der Waals surface area contributed by atoms with E-state index in [-0.39, 0.29) is 6.10 Å². The van der Waals surface area contributed by atoms with Gasteiger partial charge in [-0.15, -0.1) is 6.58 Å². The summed E-state index contributed by atoms with van der Waals surface area (Å²) < 4.78 is 0. The smallest absolute Gasteiger partial charge is 0.0662 e. The molecule has 3 N–H and O–H groups in total. The zero-order chi connectivity index (χ0) is 8.53. The summed E-state index contributed by atoms with van der Waals surface area (Å²) in [7, 11) is 0. The highest BCUT2D eigenvalue weighted by atomic mass is 16.3. The molecular weight excluding hydrogens is 138 g/mol. The predicted octanol–water partition coefficient (Wildman–Crippen LogP) is 1.44. The lowest BCUT2D eigenvalue weighted by molar-refractivity contribution is 0.169. The van der Waals surface area contributed by atoms with Crippen molar-refractivity contribution in [3.63, 3.8) is 0 Å². The molecular formula is C9H19NO. The quantitative estimate of drug-likeness (QED) is 0.434. The number of nitrogens with two attached hydrogens (primary N) is 1. The van der Waals surface area contributed by atoms with E-state index in [4.69, 9.17) is 10.8 Å². The van der Waals surface area contributed by atoms with E-state index < -0.39 is 0 Å². The number of allylic oxidation sites excluding steroid dienone is 1. The van der Waals surface area contributed by atoms with Crippen molar-refractivity contribution in [1.82, 2.24) is 0 Å². The van der Waals surface area contributed by atoms with E-state index in [2.05, 4.69) is 6.58 Å². The van der Waals surface area contributed by atoms with Gasteiger partial charge in [-0.1, -0.05) is 18.9 Å². The van der Waals surface area contributed by atoms with Gasteiger partial charge in [-0.25, -0.2) is 0 Å². The maximum atomic E-state index is 9.07. The van der Waals surface area contributed by atoms with Crippen LogP contribution in [0, 0.1) is 0 Å². The zero-order valence-electron chi connectivity index (χ0n) is 7.13. The maximum Gasteiger partial charge on any atom is 0.0662 e. The van der Waals surface area contributed by atoms with Crippen molar-refractivity contribution in [3.8, 4) is 0 Å². The normalized spacial score (nSPS) is 12.9. The fraction of sp³-hybridized carbons (Fsp3) is 0.778. The van der Waals surface area contributed by atoms with E-state index >= 15 is 0 Å². The van der Waals surface area contributed by atoms with Crippen molar-refractivity contribution >= 4 is 0 Å². The van der Waals surface area contributed by atoms with E-state index in [1.54, 1.807) is 0 Å². The van der Waals surface area contributed by atoms with E-state index in [0.29, 0.717) is 6.54 Å². The topological polar surface area (TPSA) is 46.2 Å². The zero-order valence-corrected chi connectivity index (χ0v) is 7.13. The minimum Gasteiger partial charge on any atom is -0.392 e. The second-order valence-corrected chi connectivity index (χ2v) is 2.82. The van der Waals surface area contributed by atoms with Gasteiger partial charge in [0, 0.05) is 6.54 Å². The van der Waals surface area contributed by atoms with Gasteiger partial charge in [0.25, 0.3) is 0 Å². The summed E-state index contributed by atoms with van der Waals surface area (Å²) >= 11 is 0. The highest BCUT2D eigenvalue weighted by Crippen LogP contribution is 2.04. The van der Waals surface area contributed by atoms with Gasteiger partial charge >= 0.3 is 0 Å². The van der Waals surface area contributed by atoms with Gasteiger partial charge in [-0.2, -0.15) is 0 Å². The summed E-state index contributed by atoms with van der Waals surface area (Å²) in [5.74, 6) is 0. The Morgan fingerprint density at radius 2 is 2.09 bits per heavy atom. The van der Waals surface area contributed by atoms with Crippen LogP contribution in [-0.2, 0) is 0 Å². The highest BCUT2D eigenvalue weighted by Gasteiger charge is 1.98. The number of unbranched alkanes of at least 4 members (excludes halogenated alkanes) is 3. The fourth-order valence-corrected chi connectivity index (χ4v) is 0.963. The SMILES string of the molecule is C=CCCCCCC(O)CN. The molecule has 0 heterocycles. The van der Waals surface area contributed by atoms with Crippen LogP contribution in [0.1, 0.15) is 32.1 Å². The van der Waals surface area contributed by atoms with Gasteiger partial charge < -0.3 is 10.8 Å². The summed E-state index contributed by atoms with van der Waals surface area (Å²) in [4.78, 5) is 0. The molecule has 0 rings (SSSR count). The van der Waals surface area contributed by atoms with E-state index in [1.807, 2.05) is 6.08 Å². The molecule has 0 saturated heterocycles. The molecule has 0 fully saturated rings. The molecule has 11 heavy (non-hydrogen) atoms. The molecule has 0 saturated carbocycles. The Labute approximate surface area is 69.1 Å². The number of aliphatic hydroxyl groups is 1. The van der Waals surface area contributed by atoms with Gasteiger partial charge in [0.2, 0.25) is 0 Å². The molecule has 0 amide bonds. The van der Waals surface area contributed by atoms with Crippen LogP contribution >= 0.6 is 0 Å². The summed E-state index contributed by atoms with van der Waals surface area (Å²) in [6, 6.07) is 0. The van der Waals surface area contributed by atoms with Gasteiger partial charge in [0.1, 0.15) is 0 Å². The van der Waals surface area contributed by atoms with Crippen molar-refractivity contribution in [2.45, 2.75) is 38.2 Å². The van der Waals surface area contributed by atoms with Gasteiger partial charge in [0.05, 0.1) is 6.10 Å². The molecule has 0 radical (unpaired) electrons. The summed E-state index contributed by atoms with van der Waals surface area (Å²) in [5, 5.41) is 9.07. The minimum absolute atomic E-state index is 0.293. The molecule has 1 unspecified atom stereocenters. The molecule has 1 atom stereocenters. The van der Waals surface area contributed by atoms with Crippen molar-refractivity contribution in [3.05, 3.63) is 12.7 Å². The maximum absolute atomic E-state index is 9.07. The van der Waals surface area contributed by atoms with E-state index in [0.717, 1.165) is 19.3 Å². The number of aliphatic hydroxyl groups excluding tert-OH is 1. The lowest BCUT2D eigenvalue weighted by Gasteiger charge is -2.05. The monoisotopic (exact) mass is 157 g/mol. The average molecular weight is 157 g/mol. The molecule has 2 heteroatoms. The molecule has 0 aliphatic rings. The van der Waals surface area contributed by atoms with Crippen LogP contribution in [0.4, 0.5) is 0 Å². The lowest BCUT2D eigenvalue weighted by Crippen LogP contribution is -2.19. The Kier molecular flexibility index (Phi) is 7.52. The molecule has 0 aromatic heterocycles. The lowest BCUT2D eigenvalue weighted by atomic mass is 10.1. The largest absolute Gasteiger partial charge is 0.392 e. The predicted molar refractivity (Wildman–Crippen MR) is 48.3 cm³/mol. The Morgan fingerprint density at radius 3 is 2.64 bits per heavy atom. The van der Waals surface area contributed by atoms with Crippen LogP contribution in [0.5, 0.6) is 0 Å². The summed E-state index contributed by atoms with van der Waals surface area (Å²) in [6.07, 6.45) is 6.99. The van der Waals surface area contributed by atoms with E-state index in [9.17, 15) is 0 Å². The van der Waals surface area contributed by atoms with Gasteiger partial charge in [-0.05, 0) is 19.3 Å². The number of hydrogen-bond donors (Lipinski definition) is 2. The minimum atomic E-state index is -0.293. The fourth-order valence-electron chi connectivity index (χ4n) is 0.963. The van der Waals surface area contributed by atoms with Crippen molar-refractivity contribution in [2.24, 2.45) is 5.73 Å². The Balaban J connectivity index is 2.95. The first-order valence-corrected chi connectivity index (χ1v) is 4.30.